The van der Waals surface area contributed by atoms with Gasteiger partial charge in [0.1, 0.15) is 23.6 Å². The van der Waals surface area contributed by atoms with E-state index < -0.39 is 0 Å². The van der Waals surface area contributed by atoms with Gasteiger partial charge < -0.3 is 9.32 Å². The van der Waals surface area contributed by atoms with E-state index in [-0.39, 0.29) is 12.1 Å². The standard InChI is InChI=1S/C22H20BrN3OS/c1-13-6-7-15(16(23)11-13)18-8-9-19(27-18)21-20(17-5-3-4-10-24-17)25-22-26(21)12-14(2)28-22/h3-11,14,20-21H,12H2,1-2H3/t14-,20+,21+/m0/s1. The van der Waals surface area contributed by atoms with Crippen LogP contribution in [0.1, 0.15) is 36.0 Å². The van der Waals surface area contributed by atoms with E-state index in [1.54, 1.807) is 0 Å². The van der Waals surface area contributed by atoms with Crippen LogP contribution in [0.4, 0.5) is 0 Å². The van der Waals surface area contributed by atoms with Gasteiger partial charge in [-0.25, -0.2) is 4.99 Å². The normalized spacial score (nSPS) is 23.8. The van der Waals surface area contributed by atoms with E-state index in [4.69, 9.17) is 9.41 Å². The van der Waals surface area contributed by atoms with Crippen LogP contribution in [-0.4, -0.2) is 26.8 Å². The number of fused-ring (bicyclic) bond motifs is 1. The Kier molecular flexibility index (Phi) is 4.56. The molecule has 0 bridgehead atoms. The summed E-state index contributed by atoms with van der Waals surface area (Å²) in [7, 11) is 0. The second-order valence-electron chi connectivity index (χ2n) is 7.32. The van der Waals surface area contributed by atoms with E-state index in [1.807, 2.05) is 30.1 Å². The third-order valence-electron chi connectivity index (χ3n) is 5.19. The lowest BCUT2D eigenvalue weighted by molar-refractivity contribution is 0.277. The fourth-order valence-corrected chi connectivity index (χ4v) is 5.68. The lowest BCUT2D eigenvalue weighted by Gasteiger charge is -2.25. The van der Waals surface area contributed by atoms with Gasteiger partial charge in [-0.2, -0.15) is 0 Å². The van der Waals surface area contributed by atoms with E-state index in [1.165, 1.54) is 5.56 Å². The lowest BCUT2D eigenvalue weighted by Crippen LogP contribution is -2.28. The van der Waals surface area contributed by atoms with Crippen molar-refractivity contribution in [2.45, 2.75) is 31.2 Å². The molecule has 1 saturated heterocycles. The molecule has 0 amide bonds. The smallest absolute Gasteiger partial charge is 0.161 e. The molecule has 0 unspecified atom stereocenters. The summed E-state index contributed by atoms with van der Waals surface area (Å²) >= 11 is 5.51. The van der Waals surface area contributed by atoms with Crippen LogP contribution in [0.5, 0.6) is 0 Å². The number of benzene rings is 1. The maximum absolute atomic E-state index is 6.39. The van der Waals surface area contributed by atoms with Gasteiger partial charge in [-0.15, -0.1) is 0 Å². The average Bonchev–Trinajstić information content (AvgIpc) is 3.36. The van der Waals surface area contributed by atoms with Gasteiger partial charge in [0.2, 0.25) is 0 Å². The molecule has 2 aliphatic rings. The fraction of sp³-hybridized carbons (Fsp3) is 0.273. The highest BCUT2D eigenvalue weighted by Crippen LogP contribution is 2.48. The van der Waals surface area contributed by atoms with Crippen molar-refractivity contribution >= 4 is 32.9 Å². The predicted octanol–water partition coefficient (Wildman–Crippen LogP) is 6.00. The van der Waals surface area contributed by atoms with Crippen LogP contribution in [-0.2, 0) is 0 Å². The molecule has 28 heavy (non-hydrogen) atoms. The quantitative estimate of drug-likeness (QED) is 0.487. The number of rotatable bonds is 3. The third-order valence-corrected chi connectivity index (χ3v) is 6.95. The van der Waals surface area contributed by atoms with Crippen LogP contribution in [0, 0.1) is 6.92 Å². The van der Waals surface area contributed by atoms with Crippen molar-refractivity contribution in [1.29, 1.82) is 0 Å². The van der Waals surface area contributed by atoms with Gasteiger partial charge in [0.05, 0.1) is 5.69 Å². The van der Waals surface area contributed by atoms with Crippen molar-refractivity contribution in [3.8, 4) is 11.3 Å². The number of hydrogen-bond acceptors (Lipinski definition) is 5. The van der Waals surface area contributed by atoms with Crippen molar-refractivity contribution in [3.05, 3.63) is 76.2 Å². The number of pyridine rings is 1. The Morgan fingerprint density at radius 3 is 2.86 bits per heavy atom. The van der Waals surface area contributed by atoms with Crippen LogP contribution in [0.25, 0.3) is 11.3 Å². The van der Waals surface area contributed by atoms with Crippen LogP contribution in [0.2, 0.25) is 0 Å². The minimum atomic E-state index is -0.0448. The maximum atomic E-state index is 6.39. The van der Waals surface area contributed by atoms with Gasteiger partial charge >= 0.3 is 0 Å². The summed E-state index contributed by atoms with van der Waals surface area (Å²) in [5.41, 5.74) is 3.26. The molecule has 2 aliphatic heterocycles. The van der Waals surface area contributed by atoms with E-state index in [2.05, 4.69) is 76.1 Å². The average molecular weight is 454 g/mol. The molecule has 6 heteroatoms. The molecule has 142 valence electrons. The molecule has 0 radical (unpaired) electrons. The van der Waals surface area contributed by atoms with Gasteiger partial charge in [0.25, 0.3) is 0 Å². The van der Waals surface area contributed by atoms with Crippen LogP contribution < -0.4 is 0 Å². The first-order valence-electron chi connectivity index (χ1n) is 9.38. The Hall–Kier alpha value is -2.05. The Labute approximate surface area is 177 Å². The molecule has 0 aliphatic carbocycles. The van der Waals surface area contributed by atoms with Crippen molar-refractivity contribution in [3.63, 3.8) is 0 Å². The molecule has 4 nitrogen and oxygen atoms in total. The number of furan rings is 1. The molecule has 5 rings (SSSR count). The molecule has 3 aromatic rings. The Morgan fingerprint density at radius 1 is 1.18 bits per heavy atom. The predicted molar refractivity (Wildman–Crippen MR) is 117 cm³/mol. The summed E-state index contributed by atoms with van der Waals surface area (Å²) in [5, 5.41) is 1.63. The topological polar surface area (TPSA) is 41.6 Å². The highest BCUT2D eigenvalue weighted by molar-refractivity contribution is 9.10. The Morgan fingerprint density at radius 2 is 2.07 bits per heavy atom. The Bertz CT molecular complexity index is 1050. The van der Waals surface area contributed by atoms with Crippen molar-refractivity contribution in [1.82, 2.24) is 9.88 Å². The van der Waals surface area contributed by atoms with E-state index in [0.717, 1.165) is 39.0 Å². The third kappa shape index (κ3) is 3.08. The molecule has 0 N–H and O–H groups in total. The fourth-order valence-electron chi connectivity index (χ4n) is 3.90. The van der Waals surface area contributed by atoms with E-state index in [0.29, 0.717) is 5.25 Å². The number of aryl methyl sites for hydroxylation is 1. The number of amidine groups is 1. The van der Waals surface area contributed by atoms with Gasteiger partial charge in [-0.3, -0.25) is 4.98 Å². The number of hydrogen-bond donors (Lipinski definition) is 0. The molecular formula is C22H20BrN3OS. The number of thioether (sulfide) groups is 1. The zero-order valence-electron chi connectivity index (χ0n) is 15.7. The van der Waals surface area contributed by atoms with Crippen molar-refractivity contribution in [2.24, 2.45) is 4.99 Å². The number of nitrogens with zero attached hydrogens (tertiary/aromatic N) is 3. The summed E-state index contributed by atoms with van der Waals surface area (Å²) in [6.45, 7) is 5.31. The number of aromatic nitrogens is 1. The van der Waals surface area contributed by atoms with Gasteiger partial charge in [0.15, 0.2) is 5.17 Å². The van der Waals surface area contributed by atoms with Crippen LogP contribution in [0.3, 0.4) is 0 Å². The van der Waals surface area contributed by atoms with Gasteiger partial charge in [-0.1, -0.05) is 46.7 Å². The minimum Gasteiger partial charge on any atom is -0.459 e. The number of halogens is 1. The number of aliphatic imine (C=N–C) groups is 1. The lowest BCUT2D eigenvalue weighted by atomic mass is 10.0. The molecule has 1 fully saturated rings. The molecular weight excluding hydrogens is 434 g/mol. The van der Waals surface area contributed by atoms with Crippen molar-refractivity contribution < 1.29 is 4.42 Å². The minimum absolute atomic E-state index is 0.0420. The SMILES string of the molecule is Cc1ccc(-c2ccc([C@@H]3[C@@H](c4ccccn4)N=C4S[C@@H](C)CN43)o2)c(Br)c1. The second kappa shape index (κ2) is 7.08. The van der Waals surface area contributed by atoms with Crippen molar-refractivity contribution in [2.75, 3.05) is 6.54 Å². The highest BCUT2D eigenvalue weighted by Gasteiger charge is 2.45. The summed E-state index contributed by atoms with van der Waals surface area (Å²) < 4.78 is 7.43. The summed E-state index contributed by atoms with van der Waals surface area (Å²) in [4.78, 5) is 12.0. The molecule has 2 aromatic heterocycles. The molecule has 0 spiro atoms. The first kappa shape index (κ1) is 18.0. The largest absolute Gasteiger partial charge is 0.459 e. The molecule has 1 aromatic carbocycles. The first-order valence-corrected chi connectivity index (χ1v) is 11.1. The highest BCUT2D eigenvalue weighted by atomic mass is 79.9. The van der Waals surface area contributed by atoms with Crippen LogP contribution in [0.15, 0.2) is 68.6 Å². The van der Waals surface area contributed by atoms with E-state index >= 15 is 0 Å². The summed E-state index contributed by atoms with van der Waals surface area (Å²) in [6.07, 6.45) is 1.84. The molecule has 3 atom stereocenters. The van der Waals surface area contributed by atoms with Gasteiger partial charge in [0, 0.05) is 28.0 Å². The zero-order valence-corrected chi connectivity index (χ0v) is 18.1. The first-order chi connectivity index (χ1) is 13.6. The van der Waals surface area contributed by atoms with Crippen LogP contribution >= 0.6 is 27.7 Å². The monoisotopic (exact) mass is 453 g/mol. The molecule has 4 heterocycles. The maximum Gasteiger partial charge on any atom is 0.161 e. The van der Waals surface area contributed by atoms with E-state index in [9.17, 15) is 0 Å². The summed E-state index contributed by atoms with van der Waals surface area (Å²) in [5.74, 6) is 1.81. The van der Waals surface area contributed by atoms with Gasteiger partial charge in [-0.05, 0) is 48.9 Å². The second-order valence-corrected chi connectivity index (χ2v) is 9.58. The summed E-state index contributed by atoms with van der Waals surface area (Å²) in [6, 6.07) is 16.5. The Balaban J connectivity index is 1.54. The zero-order chi connectivity index (χ0) is 19.3. The molecule has 0 saturated carbocycles.